The quantitative estimate of drug-likeness (QED) is 0.900. The highest BCUT2D eigenvalue weighted by molar-refractivity contribution is 7.99. The molecule has 2 fully saturated rings. The van der Waals surface area contributed by atoms with E-state index in [-0.39, 0.29) is 24.1 Å². The Hall–Kier alpha value is -1.89. The van der Waals surface area contributed by atoms with E-state index in [9.17, 15) is 9.59 Å². The number of amides is 2. The van der Waals surface area contributed by atoms with Crippen LogP contribution < -0.4 is 15.1 Å². The van der Waals surface area contributed by atoms with Gasteiger partial charge in [-0.3, -0.25) is 9.69 Å². The lowest BCUT2D eigenvalue weighted by Gasteiger charge is -2.29. The van der Waals surface area contributed by atoms with Gasteiger partial charge in [-0.25, -0.2) is 4.79 Å². The molecule has 0 unspecified atom stereocenters. The van der Waals surface area contributed by atoms with Crippen LogP contribution in [-0.4, -0.2) is 55.3 Å². The summed E-state index contributed by atoms with van der Waals surface area (Å²) in [5.41, 5.74) is 3.38. The van der Waals surface area contributed by atoms with E-state index in [1.807, 2.05) is 17.8 Å². The largest absolute Gasteiger partial charge is 0.442 e. The fourth-order valence-electron chi connectivity index (χ4n) is 3.70. The first-order valence-electron chi connectivity index (χ1n) is 8.33. The molecule has 1 N–H and O–H groups in total. The predicted molar refractivity (Wildman–Crippen MR) is 94.9 cm³/mol. The third-order valence-corrected chi connectivity index (χ3v) is 5.83. The van der Waals surface area contributed by atoms with Gasteiger partial charge in [-0.15, -0.1) is 0 Å². The Kier molecular flexibility index (Phi) is 4.04. The molecule has 2 amide bonds. The van der Waals surface area contributed by atoms with E-state index >= 15 is 0 Å². The first-order chi connectivity index (χ1) is 11.6. The molecule has 24 heavy (non-hydrogen) atoms. The van der Waals surface area contributed by atoms with Crippen molar-refractivity contribution in [2.45, 2.75) is 25.5 Å². The van der Waals surface area contributed by atoms with Crippen molar-refractivity contribution in [3.05, 3.63) is 23.8 Å². The van der Waals surface area contributed by atoms with Crippen molar-refractivity contribution in [2.24, 2.45) is 0 Å². The van der Waals surface area contributed by atoms with E-state index in [2.05, 4.69) is 22.3 Å². The molecular weight excluding hydrogens is 326 g/mol. The molecule has 1 aromatic rings. The first-order valence-corrected chi connectivity index (χ1v) is 9.49. The topological polar surface area (TPSA) is 61.9 Å². The van der Waals surface area contributed by atoms with Crippen LogP contribution in [0.4, 0.5) is 16.2 Å². The number of hydrogen-bond donors (Lipinski definition) is 1. The van der Waals surface area contributed by atoms with E-state index in [0.29, 0.717) is 6.54 Å². The highest BCUT2D eigenvalue weighted by Gasteiger charge is 2.47. The Morgan fingerprint density at radius 3 is 2.92 bits per heavy atom. The number of thioether (sulfide) groups is 1. The van der Waals surface area contributed by atoms with Gasteiger partial charge in [0.2, 0.25) is 5.91 Å². The lowest BCUT2D eigenvalue weighted by atomic mass is 10.0. The number of carbonyl (C=O) groups is 2. The second-order valence-corrected chi connectivity index (χ2v) is 7.64. The molecule has 1 aromatic carbocycles. The average Bonchev–Trinajstić information content (AvgIpc) is 3.11. The molecular formula is C17H21N3O3S. The summed E-state index contributed by atoms with van der Waals surface area (Å²) in [6.07, 6.45) is 0.182. The van der Waals surface area contributed by atoms with Crippen LogP contribution in [0.5, 0.6) is 0 Å². The Labute approximate surface area is 145 Å². The van der Waals surface area contributed by atoms with Gasteiger partial charge >= 0.3 is 6.09 Å². The maximum absolute atomic E-state index is 12.2. The number of fused-ring (bicyclic) bond motifs is 3. The van der Waals surface area contributed by atoms with Gasteiger partial charge in [0.15, 0.2) is 0 Å². The molecule has 3 aliphatic rings. The maximum atomic E-state index is 12.2. The second kappa shape index (κ2) is 6.20. The highest BCUT2D eigenvalue weighted by Crippen LogP contribution is 2.40. The summed E-state index contributed by atoms with van der Waals surface area (Å²) in [6.45, 7) is 3.99. The summed E-state index contributed by atoms with van der Waals surface area (Å²) >= 11 is 2.00. The summed E-state index contributed by atoms with van der Waals surface area (Å²) in [5.74, 6) is 2.22. The molecule has 4 rings (SSSR count). The number of ether oxygens (including phenoxy) is 1. The Balaban J connectivity index is 1.54. The SMILES string of the molecule is CC(=O)NC[C@@H]1OC(=O)N2c3ccc(N4CCSCC4)cc3C[C@@H]12. The van der Waals surface area contributed by atoms with Crippen molar-refractivity contribution < 1.29 is 14.3 Å². The Morgan fingerprint density at radius 1 is 1.38 bits per heavy atom. The van der Waals surface area contributed by atoms with E-state index in [4.69, 9.17) is 4.74 Å². The zero-order valence-corrected chi connectivity index (χ0v) is 14.5. The van der Waals surface area contributed by atoms with Crippen molar-refractivity contribution in [1.29, 1.82) is 0 Å². The van der Waals surface area contributed by atoms with E-state index in [0.717, 1.165) is 36.7 Å². The third-order valence-electron chi connectivity index (χ3n) is 4.89. The van der Waals surface area contributed by atoms with Gasteiger partial charge in [-0.2, -0.15) is 11.8 Å². The molecule has 0 radical (unpaired) electrons. The van der Waals surface area contributed by atoms with Gasteiger partial charge in [-0.1, -0.05) is 0 Å². The van der Waals surface area contributed by atoms with Crippen molar-refractivity contribution in [1.82, 2.24) is 5.32 Å². The molecule has 7 heteroatoms. The van der Waals surface area contributed by atoms with Crippen LogP contribution in [0.1, 0.15) is 12.5 Å². The minimum atomic E-state index is -0.309. The van der Waals surface area contributed by atoms with Gasteiger partial charge in [0.05, 0.1) is 18.3 Å². The van der Waals surface area contributed by atoms with Crippen LogP contribution >= 0.6 is 11.8 Å². The number of rotatable bonds is 3. The fraction of sp³-hybridized carbons (Fsp3) is 0.529. The molecule has 2 atom stereocenters. The molecule has 3 heterocycles. The van der Waals surface area contributed by atoms with Crippen LogP contribution in [0.25, 0.3) is 0 Å². The van der Waals surface area contributed by atoms with Crippen molar-refractivity contribution >= 4 is 35.1 Å². The van der Waals surface area contributed by atoms with Crippen LogP contribution in [-0.2, 0) is 16.0 Å². The normalized spacial score (nSPS) is 25.3. The molecule has 0 aromatic heterocycles. The minimum Gasteiger partial charge on any atom is -0.442 e. The summed E-state index contributed by atoms with van der Waals surface area (Å²) in [6, 6.07) is 6.33. The predicted octanol–water partition coefficient (Wildman–Crippen LogP) is 1.63. The lowest BCUT2D eigenvalue weighted by molar-refractivity contribution is -0.119. The van der Waals surface area contributed by atoms with Gasteiger partial charge in [-0.05, 0) is 30.2 Å². The standard InChI is InChI=1S/C17H21N3O3S/c1-11(21)18-10-16-15-9-12-8-13(19-4-6-24-7-5-19)2-3-14(12)20(15)17(22)23-16/h2-3,8,15-16H,4-7,9-10H2,1H3,(H,18,21)/t15-,16-/m0/s1. The van der Waals surface area contributed by atoms with Gasteiger partial charge < -0.3 is 15.0 Å². The average molecular weight is 347 g/mol. The van der Waals surface area contributed by atoms with Crippen molar-refractivity contribution in [2.75, 3.05) is 40.9 Å². The van der Waals surface area contributed by atoms with Gasteiger partial charge in [0.1, 0.15) is 6.10 Å². The molecule has 3 aliphatic heterocycles. The van der Waals surface area contributed by atoms with Crippen LogP contribution in [0.15, 0.2) is 18.2 Å². The minimum absolute atomic E-state index is 0.0217. The number of benzene rings is 1. The van der Waals surface area contributed by atoms with E-state index in [1.54, 1.807) is 4.90 Å². The summed E-state index contributed by atoms with van der Waals surface area (Å²) in [7, 11) is 0. The van der Waals surface area contributed by atoms with E-state index in [1.165, 1.54) is 18.2 Å². The number of carbonyl (C=O) groups excluding carboxylic acids is 2. The Bertz CT molecular complexity index is 675. The molecule has 0 bridgehead atoms. The van der Waals surface area contributed by atoms with Gasteiger partial charge in [0.25, 0.3) is 0 Å². The summed E-state index contributed by atoms with van der Waals surface area (Å²) in [4.78, 5) is 27.5. The molecule has 0 saturated carbocycles. The molecule has 0 aliphatic carbocycles. The van der Waals surface area contributed by atoms with Crippen molar-refractivity contribution in [3.63, 3.8) is 0 Å². The molecule has 2 saturated heterocycles. The van der Waals surface area contributed by atoms with E-state index < -0.39 is 0 Å². The van der Waals surface area contributed by atoms with Crippen molar-refractivity contribution in [3.8, 4) is 0 Å². The summed E-state index contributed by atoms with van der Waals surface area (Å²) < 4.78 is 5.44. The van der Waals surface area contributed by atoms with Gasteiger partial charge in [0, 0.05) is 37.2 Å². The maximum Gasteiger partial charge on any atom is 0.415 e. The second-order valence-electron chi connectivity index (χ2n) is 6.41. The molecule has 6 nitrogen and oxygen atoms in total. The zero-order chi connectivity index (χ0) is 16.7. The molecule has 128 valence electrons. The zero-order valence-electron chi connectivity index (χ0n) is 13.7. The van der Waals surface area contributed by atoms with Crippen LogP contribution in [0.2, 0.25) is 0 Å². The third kappa shape index (κ3) is 2.70. The smallest absolute Gasteiger partial charge is 0.415 e. The highest BCUT2D eigenvalue weighted by atomic mass is 32.2. The molecule has 0 spiro atoms. The number of cyclic esters (lactones) is 1. The fourth-order valence-corrected chi connectivity index (χ4v) is 4.61. The summed E-state index contributed by atoms with van der Waals surface area (Å²) in [5, 5.41) is 2.76. The number of nitrogens with zero attached hydrogens (tertiary/aromatic N) is 2. The number of nitrogens with one attached hydrogen (secondary N) is 1. The number of hydrogen-bond acceptors (Lipinski definition) is 5. The van der Waals surface area contributed by atoms with Crippen LogP contribution in [0, 0.1) is 0 Å². The monoisotopic (exact) mass is 347 g/mol. The first kappa shape index (κ1) is 15.6. The van der Waals surface area contributed by atoms with Crippen LogP contribution in [0.3, 0.4) is 0 Å². The Morgan fingerprint density at radius 2 is 2.17 bits per heavy atom. The number of anilines is 2. The lowest BCUT2D eigenvalue weighted by Crippen LogP contribution is -2.40.